The molecule has 2 N–H and O–H groups in total. The molecule has 0 radical (unpaired) electrons. The van der Waals surface area contributed by atoms with E-state index >= 15 is 0 Å². The maximum absolute atomic E-state index is 13.2. The zero-order valence-corrected chi connectivity index (χ0v) is 17.4. The van der Waals surface area contributed by atoms with Crippen LogP contribution in [0.25, 0.3) is 5.69 Å². The smallest absolute Gasteiger partial charge is 0.272 e. The number of imidazole rings is 1. The van der Waals surface area contributed by atoms with E-state index < -0.39 is 0 Å². The molecule has 5 rings (SSSR count). The van der Waals surface area contributed by atoms with E-state index in [2.05, 4.69) is 25.5 Å². The third kappa shape index (κ3) is 3.76. The lowest BCUT2D eigenvalue weighted by Crippen LogP contribution is -2.37. The van der Waals surface area contributed by atoms with Gasteiger partial charge in [0.15, 0.2) is 0 Å². The van der Waals surface area contributed by atoms with Crippen molar-refractivity contribution in [2.24, 2.45) is 0 Å². The largest absolute Gasteiger partial charge is 0.338 e. The number of benzene rings is 2. The van der Waals surface area contributed by atoms with Crippen LogP contribution in [0.4, 0.5) is 5.69 Å². The average Bonchev–Trinajstić information content (AvgIpc) is 3.50. The number of nitrogens with one attached hydrogen (secondary N) is 2. The Morgan fingerprint density at radius 1 is 1.09 bits per heavy atom. The monoisotopic (exact) mass is 427 g/mol. The third-order valence-corrected chi connectivity index (χ3v) is 5.56. The Bertz CT molecular complexity index is 1290. The van der Waals surface area contributed by atoms with Gasteiger partial charge in [-0.25, -0.2) is 4.98 Å². The minimum atomic E-state index is -0.213. The Kier molecular flexibility index (Phi) is 4.98. The first-order chi connectivity index (χ1) is 15.6. The van der Waals surface area contributed by atoms with Crippen molar-refractivity contribution in [2.75, 3.05) is 11.9 Å². The molecule has 4 aromatic rings. The first kappa shape index (κ1) is 19.7. The van der Waals surface area contributed by atoms with Crippen molar-refractivity contribution in [1.82, 2.24) is 29.6 Å². The second-order valence-corrected chi connectivity index (χ2v) is 7.68. The van der Waals surface area contributed by atoms with Gasteiger partial charge in [0.2, 0.25) is 0 Å². The van der Waals surface area contributed by atoms with Crippen LogP contribution >= 0.6 is 0 Å². The van der Waals surface area contributed by atoms with E-state index in [-0.39, 0.29) is 11.8 Å². The predicted molar refractivity (Wildman–Crippen MR) is 118 cm³/mol. The van der Waals surface area contributed by atoms with E-state index in [9.17, 15) is 9.59 Å². The van der Waals surface area contributed by atoms with Crippen molar-refractivity contribution in [3.8, 4) is 5.69 Å². The molecule has 0 saturated carbocycles. The molecule has 2 aromatic heterocycles. The molecule has 1 aliphatic heterocycles. The summed E-state index contributed by atoms with van der Waals surface area (Å²) >= 11 is 0. The normalized spacial score (nSPS) is 13.0. The van der Waals surface area contributed by atoms with E-state index in [0.717, 1.165) is 16.8 Å². The topological polar surface area (TPSA) is 109 Å². The quantitative estimate of drug-likeness (QED) is 0.521. The van der Waals surface area contributed by atoms with Gasteiger partial charge >= 0.3 is 0 Å². The highest BCUT2D eigenvalue weighted by molar-refractivity contribution is 6.05. The SMILES string of the molecule is Cc1ncc(C(=O)N2CCc3cccc(C(=O)Nc4cccc(-n5cnnc5)c4)c3C2)[nH]1. The lowest BCUT2D eigenvalue weighted by molar-refractivity contribution is 0.0727. The van der Waals surface area contributed by atoms with E-state index in [4.69, 9.17) is 0 Å². The number of carbonyl (C=O) groups is 2. The lowest BCUT2D eigenvalue weighted by atomic mass is 9.94. The predicted octanol–water partition coefficient (Wildman–Crippen LogP) is 2.75. The molecule has 0 saturated heterocycles. The first-order valence-electron chi connectivity index (χ1n) is 10.3. The Hall–Kier alpha value is -4.27. The molecular weight excluding hydrogens is 406 g/mol. The van der Waals surface area contributed by atoms with Crippen LogP contribution in [-0.2, 0) is 13.0 Å². The van der Waals surface area contributed by atoms with Gasteiger partial charge in [-0.3, -0.25) is 14.2 Å². The minimum absolute atomic E-state index is 0.117. The summed E-state index contributed by atoms with van der Waals surface area (Å²) in [5.74, 6) is 0.363. The molecule has 0 bridgehead atoms. The molecule has 32 heavy (non-hydrogen) atoms. The van der Waals surface area contributed by atoms with Gasteiger partial charge in [-0.2, -0.15) is 0 Å². The molecule has 2 aromatic carbocycles. The number of hydrogen-bond acceptors (Lipinski definition) is 5. The highest BCUT2D eigenvalue weighted by Gasteiger charge is 2.26. The van der Waals surface area contributed by atoms with E-state index in [0.29, 0.717) is 42.3 Å². The Morgan fingerprint density at radius 3 is 2.69 bits per heavy atom. The average molecular weight is 427 g/mol. The van der Waals surface area contributed by atoms with Crippen LogP contribution in [0.5, 0.6) is 0 Å². The molecule has 1 aliphatic rings. The molecule has 9 heteroatoms. The Morgan fingerprint density at radius 2 is 1.91 bits per heavy atom. The second-order valence-electron chi connectivity index (χ2n) is 7.68. The van der Waals surface area contributed by atoms with Gasteiger partial charge < -0.3 is 15.2 Å². The molecule has 0 aliphatic carbocycles. The van der Waals surface area contributed by atoms with Crippen molar-refractivity contribution in [3.05, 3.63) is 89.5 Å². The van der Waals surface area contributed by atoms with E-state index in [1.54, 1.807) is 34.4 Å². The number of carbonyl (C=O) groups excluding carboxylic acids is 2. The van der Waals surface area contributed by atoms with Crippen molar-refractivity contribution in [1.29, 1.82) is 0 Å². The van der Waals surface area contributed by atoms with Gasteiger partial charge in [0.1, 0.15) is 24.2 Å². The number of amides is 2. The number of anilines is 1. The van der Waals surface area contributed by atoms with Gasteiger partial charge in [-0.1, -0.05) is 18.2 Å². The fourth-order valence-corrected chi connectivity index (χ4v) is 3.94. The molecule has 0 unspecified atom stereocenters. The number of hydrogen-bond donors (Lipinski definition) is 2. The van der Waals surface area contributed by atoms with Crippen molar-refractivity contribution < 1.29 is 9.59 Å². The summed E-state index contributed by atoms with van der Waals surface area (Å²) in [4.78, 5) is 34.9. The fraction of sp³-hybridized carbons (Fsp3) is 0.174. The molecule has 160 valence electrons. The summed E-state index contributed by atoms with van der Waals surface area (Å²) < 4.78 is 1.76. The summed E-state index contributed by atoms with van der Waals surface area (Å²) in [5.41, 5.74) is 4.48. The zero-order valence-electron chi connectivity index (χ0n) is 17.4. The number of aromatic nitrogens is 5. The van der Waals surface area contributed by atoms with Crippen LogP contribution in [-0.4, -0.2) is 48.0 Å². The summed E-state index contributed by atoms with van der Waals surface area (Å²) in [6.45, 7) is 2.77. The summed E-state index contributed by atoms with van der Waals surface area (Å²) in [5, 5.41) is 10.6. The zero-order chi connectivity index (χ0) is 22.1. The van der Waals surface area contributed by atoms with Crippen LogP contribution in [0.2, 0.25) is 0 Å². The second kappa shape index (κ2) is 8.10. The van der Waals surface area contributed by atoms with Crippen LogP contribution < -0.4 is 5.32 Å². The molecule has 2 amide bonds. The minimum Gasteiger partial charge on any atom is -0.338 e. The van der Waals surface area contributed by atoms with Gasteiger partial charge in [-0.15, -0.1) is 10.2 Å². The van der Waals surface area contributed by atoms with Crippen LogP contribution in [0.3, 0.4) is 0 Å². The van der Waals surface area contributed by atoms with Gasteiger partial charge in [0.05, 0.1) is 11.9 Å². The Labute approximate surface area is 184 Å². The number of nitrogens with zero attached hydrogens (tertiary/aromatic N) is 5. The summed E-state index contributed by atoms with van der Waals surface area (Å²) in [6, 6.07) is 13.1. The first-order valence-corrected chi connectivity index (χ1v) is 10.3. The number of rotatable bonds is 4. The fourth-order valence-electron chi connectivity index (χ4n) is 3.94. The third-order valence-electron chi connectivity index (χ3n) is 5.56. The molecule has 0 fully saturated rings. The van der Waals surface area contributed by atoms with Crippen LogP contribution in [0, 0.1) is 6.92 Å². The number of fused-ring (bicyclic) bond motifs is 1. The van der Waals surface area contributed by atoms with Crippen molar-refractivity contribution in [2.45, 2.75) is 19.9 Å². The van der Waals surface area contributed by atoms with Crippen molar-refractivity contribution >= 4 is 17.5 Å². The number of aryl methyl sites for hydroxylation is 1. The maximum Gasteiger partial charge on any atom is 0.272 e. The van der Waals surface area contributed by atoms with Crippen LogP contribution in [0.1, 0.15) is 37.8 Å². The van der Waals surface area contributed by atoms with Gasteiger partial charge in [0.25, 0.3) is 11.8 Å². The molecule has 9 nitrogen and oxygen atoms in total. The van der Waals surface area contributed by atoms with E-state index in [1.807, 2.05) is 43.3 Å². The van der Waals surface area contributed by atoms with Gasteiger partial charge in [0, 0.05) is 24.3 Å². The molecule has 3 heterocycles. The standard InChI is InChI=1S/C23H21N7O2/c1-15-24-11-21(27-15)23(32)29-9-8-16-4-2-7-19(20(16)12-29)22(31)28-17-5-3-6-18(10-17)30-13-25-26-14-30/h2-7,10-11,13-14H,8-9,12H2,1H3,(H,24,27)(H,28,31). The van der Waals surface area contributed by atoms with Crippen LogP contribution in [0.15, 0.2) is 61.3 Å². The summed E-state index contributed by atoms with van der Waals surface area (Å²) in [6.07, 6.45) is 5.44. The summed E-state index contributed by atoms with van der Waals surface area (Å²) in [7, 11) is 0. The highest BCUT2D eigenvalue weighted by atomic mass is 16.2. The highest BCUT2D eigenvalue weighted by Crippen LogP contribution is 2.25. The van der Waals surface area contributed by atoms with Crippen molar-refractivity contribution in [3.63, 3.8) is 0 Å². The Balaban J connectivity index is 1.38. The number of H-pyrrole nitrogens is 1. The lowest BCUT2D eigenvalue weighted by Gasteiger charge is -2.29. The van der Waals surface area contributed by atoms with E-state index in [1.165, 1.54) is 0 Å². The van der Waals surface area contributed by atoms with Gasteiger partial charge in [-0.05, 0) is 48.7 Å². The molecule has 0 atom stereocenters. The number of aromatic amines is 1. The molecular formula is C23H21N7O2. The maximum atomic E-state index is 13.2. The molecule has 0 spiro atoms.